The Morgan fingerprint density at radius 2 is 2.16 bits per heavy atom. The number of benzene rings is 1. The van der Waals surface area contributed by atoms with Gasteiger partial charge in [-0.3, -0.25) is 4.79 Å². The van der Waals surface area contributed by atoms with Gasteiger partial charge < -0.3 is 10.6 Å². The van der Waals surface area contributed by atoms with Crippen molar-refractivity contribution in [3.8, 4) is 0 Å². The van der Waals surface area contributed by atoms with Gasteiger partial charge in [-0.2, -0.15) is 11.8 Å². The van der Waals surface area contributed by atoms with Crippen LogP contribution in [-0.4, -0.2) is 24.5 Å². The highest BCUT2D eigenvalue weighted by molar-refractivity contribution is 9.10. The van der Waals surface area contributed by atoms with Crippen molar-refractivity contribution in [2.24, 2.45) is 5.92 Å². The zero-order chi connectivity index (χ0) is 13.8. The Balaban J connectivity index is 2.01. The summed E-state index contributed by atoms with van der Waals surface area (Å²) in [6, 6.07) is 5.62. The maximum absolute atomic E-state index is 12.3. The van der Waals surface area contributed by atoms with E-state index in [1.807, 2.05) is 30.0 Å². The summed E-state index contributed by atoms with van der Waals surface area (Å²) in [6.07, 6.45) is 2.94. The molecule has 3 nitrogen and oxygen atoms in total. The number of anilines is 2. The molecular formula is C14H19BrN2OS. The maximum Gasteiger partial charge on any atom is 0.227 e. The van der Waals surface area contributed by atoms with Crippen LogP contribution in [-0.2, 0) is 4.79 Å². The molecule has 0 unspecified atom stereocenters. The number of carbonyl (C=O) groups is 1. The summed E-state index contributed by atoms with van der Waals surface area (Å²) in [5, 5.41) is 0. The van der Waals surface area contributed by atoms with Crippen LogP contribution in [0, 0.1) is 5.92 Å². The van der Waals surface area contributed by atoms with Crippen LogP contribution in [0.3, 0.4) is 0 Å². The van der Waals surface area contributed by atoms with Gasteiger partial charge in [0.15, 0.2) is 0 Å². The normalized spacial score (nSPS) is 16.3. The van der Waals surface area contributed by atoms with E-state index in [0.29, 0.717) is 18.0 Å². The predicted molar refractivity (Wildman–Crippen MR) is 86.6 cm³/mol. The lowest BCUT2D eigenvalue weighted by Crippen LogP contribution is -2.29. The standard InChI is InChI=1S/C14H19BrN2OS/c1-17(13-3-2-11(15)9-12(13)16)14(18)8-10-4-6-19-7-5-10/h2-3,9-10H,4-8,16H2,1H3. The average molecular weight is 343 g/mol. The fourth-order valence-electron chi connectivity index (χ4n) is 2.30. The number of nitrogens with zero attached hydrogens (tertiary/aromatic N) is 1. The summed E-state index contributed by atoms with van der Waals surface area (Å²) in [6.45, 7) is 0. The molecule has 1 amide bonds. The van der Waals surface area contributed by atoms with E-state index in [1.54, 1.807) is 11.9 Å². The topological polar surface area (TPSA) is 46.3 Å². The van der Waals surface area contributed by atoms with Gasteiger partial charge in [0.1, 0.15) is 0 Å². The Hall–Kier alpha value is -0.680. The third-order valence-corrected chi connectivity index (χ3v) is 5.07. The molecule has 2 rings (SSSR count). The number of hydrogen-bond acceptors (Lipinski definition) is 3. The smallest absolute Gasteiger partial charge is 0.227 e. The van der Waals surface area contributed by atoms with Crippen molar-refractivity contribution < 1.29 is 4.79 Å². The Labute approximate surface area is 127 Å². The van der Waals surface area contributed by atoms with Crippen molar-refractivity contribution in [2.75, 3.05) is 29.2 Å². The summed E-state index contributed by atoms with van der Waals surface area (Å²) in [5.74, 6) is 3.06. The number of rotatable bonds is 3. The molecule has 1 fully saturated rings. The second-order valence-corrected chi connectivity index (χ2v) is 7.06. The molecule has 0 aliphatic carbocycles. The van der Waals surface area contributed by atoms with Gasteiger partial charge in [0.25, 0.3) is 0 Å². The average Bonchev–Trinajstić information content (AvgIpc) is 2.39. The van der Waals surface area contributed by atoms with Crippen LogP contribution < -0.4 is 10.6 Å². The third kappa shape index (κ3) is 3.89. The number of thioether (sulfide) groups is 1. The van der Waals surface area contributed by atoms with Crippen LogP contribution in [0.15, 0.2) is 22.7 Å². The maximum atomic E-state index is 12.3. The van der Waals surface area contributed by atoms with Gasteiger partial charge in [0, 0.05) is 17.9 Å². The molecule has 104 valence electrons. The highest BCUT2D eigenvalue weighted by atomic mass is 79.9. The monoisotopic (exact) mass is 342 g/mol. The minimum absolute atomic E-state index is 0.158. The van der Waals surface area contributed by atoms with Crippen molar-refractivity contribution in [1.82, 2.24) is 0 Å². The summed E-state index contributed by atoms with van der Waals surface area (Å²) in [4.78, 5) is 14.0. The van der Waals surface area contributed by atoms with E-state index in [-0.39, 0.29) is 5.91 Å². The van der Waals surface area contributed by atoms with Crippen LogP contribution in [0.25, 0.3) is 0 Å². The quantitative estimate of drug-likeness (QED) is 0.854. The van der Waals surface area contributed by atoms with Crippen molar-refractivity contribution >= 4 is 45.0 Å². The van der Waals surface area contributed by atoms with Gasteiger partial charge in [-0.05, 0) is 48.5 Å². The summed E-state index contributed by atoms with van der Waals surface area (Å²) in [5.41, 5.74) is 7.39. The predicted octanol–water partition coefficient (Wildman–Crippen LogP) is 3.53. The molecule has 0 saturated carbocycles. The molecule has 0 aromatic heterocycles. The first kappa shape index (κ1) is 14.7. The molecule has 1 aromatic carbocycles. The fourth-order valence-corrected chi connectivity index (χ4v) is 3.88. The lowest BCUT2D eigenvalue weighted by Gasteiger charge is -2.25. The largest absolute Gasteiger partial charge is 0.397 e. The number of nitrogen functional groups attached to an aromatic ring is 1. The third-order valence-electron chi connectivity index (χ3n) is 3.53. The lowest BCUT2D eigenvalue weighted by atomic mass is 9.98. The van der Waals surface area contributed by atoms with Gasteiger partial charge >= 0.3 is 0 Å². The van der Waals surface area contributed by atoms with Gasteiger partial charge in [-0.25, -0.2) is 0 Å². The van der Waals surface area contributed by atoms with E-state index in [0.717, 1.165) is 23.0 Å². The van der Waals surface area contributed by atoms with Gasteiger partial charge in [-0.1, -0.05) is 15.9 Å². The lowest BCUT2D eigenvalue weighted by molar-refractivity contribution is -0.119. The van der Waals surface area contributed by atoms with Gasteiger partial charge in [-0.15, -0.1) is 0 Å². The van der Waals surface area contributed by atoms with Crippen LogP contribution in [0.4, 0.5) is 11.4 Å². The van der Waals surface area contributed by atoms with E-state index < -0.39 is 0 Å². The Morgan fingerprint density at radius 1 is 1.47 bits per heavy atom. The van der Waals surface area contributed by atoms with Crippen LogP contribution in [0.2, 0.25) is 0 Å². The van der Waals surface area contributed by atoms with Crippen LogP contribution >= 0.6 is 27.7 Å². The van der Waals surface area contributed by atoms with Crippen molar-refractivity contribution in [3.63, 3.8) is 0 Å². The molecule has 1 aromatic rings. The molecule has 1 aliphatic rings. The van der Waals surface area contributed by atoms with Crippen molar-refractivity contribution in [3.05, 3.63) is 22.7 Å². The first-order valence-electron chi connectivity index (χ1n) is 6.47. The number of hydrogen-bond donors (Lipinski definition) is 1. The Kier molecular flexibility index (Phi) is 5.16. The van der Waals surface area contributed by atoms with Gasteiger partial charge in [0.05, 0.1) is 11.4 Å². The van der Waals surface area contributed by atoms with Crippen LogP contribution in [0.5, 0.6) is 0 Å². The van der Waals surface area contributed by atoms with E-state index in [9.17, 15) is 4.79 Å². The molecule has 5 heteroatoms. The van der Waals surface area contributed by atoms with E-state index in [1.165, 1.54) is 11.5 Å². The Morgan fingerprint density at radius 3 is 2.79 bits per heavy atom. The fraction of sp³-hybridized carbons (Fsp3) is 0.500. The van der Waals surface area contributed by atoms with Crippen molar-refractivity contribution in [2.45, 2.75) is 19.3 Å². The highest BCUT2D eigenvalue weighted by Crippen LogP contribution is 2.29. The first-order chi connectivity index (χ1) is 9.08. The molecule has 0 spiro atoms. The summed E-state index contributed by atoms with van der Waals surface area (Å²) in [7, 11) is 1.81. The summed E-state index contributed by atoms with van der Waals surface area (Å²) < 4.78 is 0.930. The molecular weight excluding hydrogens is 324 g/mol. The molecule has 1 heterocycles. The zero-order valence-corrected chi connectivity index (χ0v) is 13.5. The second kappa shape index (κ2) is 6.66. The minimum atomic E-state index is 0.158. The highest BCUT2D eigenvalue weighted by Gasteiger charge is 2.21. The molecule has 0 atom stereocenters. The molecule has 1 saturated heterocycles. The molecule has 1 aliphatic heterocycles. The number of amides is 1. The minimum Gasteiger partial charge on any atom is -0.397 e. The Bertz CT molecular complexity index is 461. The zero-order valence-electron chi connectivity index (χ0n) is 11.1. The van der Waals surface area contributed by atoms with E-state index >= 15 is 0 Å². The number of nitrogens with two attached hydrogens (primary N) is 1. The van der Waals surface area contributed by atoms with E-state index in [4.69, 9.17) is 5.73 Å². The van der Waals surface area contributed by atoms with Crippen LogP contribution in [0.1, 0.15) is 19.3 Å². The first-order valence-corrected chi connectivity index (χ1v) is 8.42. The van der Waals surface area contributed by atoms with Crippen molar-refractivity contribution in [1.29, 1.82) is 0 Å². The SMILES string of the molecule is CN(C(=O)CC1CCSCC1)c1ccc(Br)cc1N. The number of carbonyl (C=O) groups excluding carboxylic acids is 1. The second-order valence-electron chi connectivity index (χ2n) is 4.92. The molecule has 0 radical (unpaired) electrons. The van der Waals surface area contributed by atoms with E-state index in [2.05, 4.69) is 15.9 Å². The van der Waals surface area contributed by atoms with Gasteiger partial charge in [0.2, 0.25) is 5.91 Å². The number of halogens is 1. The molecule has 2 N–H and O–H groups in total. The summed E-state index contributed by atoms with van der Waals surface area (Å²) >= 11 is 5.36. The molecule has 0 bridgehead atoms. The molecule has 19 heavy (non-hydrogen) atoms.